The standard InChI is InChI=1S/C26H25Cl2N5O4S/c1-32(2)10-9-29-24-7-8-30-26(31-24)19-4-3-18-12-22(6-5-17(18)11-19)33(16-25(34)35)38(36,37)23-14-20(27)13-21(28)15-23/h3-8,11-15H,9-10,16H2,1-2H3,(H,34,35)(H,29,30,31). The highest BCUT2D eigenvalue weighted by Gasteiger charge is 2.28. The summed E-state index contributed by atoms with van der Waals surface area (Å²) in [6.07, 6.45) is 1.68. The summed E-state index contributed by atoms with van der Waals surface area (Å²) >= 11 is 12.0. The number of halogens is 2. The van der Waals surface area contributed by atoms with Gasteiger partial charge in [-0.2, -0.15) is 0 Å². The molecule has 4 rings (SSSR count). The molecule has 0 aliphatic carbocycles. The van der Waals surface area contributed by atoms with Gasteiger partial charge < -0.3 is 15.3 Å². The van der Waals surface area contributed by atoms with Crippen molar-refractivity contribution in [3.63, 3.8) is 0 Å². The first kappa shape index (κ1) is 27.6. The highest BCUT2D eigenvalue weighted by Crippen LogP contribution is 2.31. The van der Waals surface area contributed by atoms with Gasteiger partial charge in [0.25, 0.3) is 10.0 Å². The van der Waals surface area contributed by atoms with Crippen LogP contribution >= 0.6 is 23.2 Å². The Bertz CT molecular complexity index is 1580. The number of rotatable bonds is 10. The van der Waals surface area contributed by atoms with Crippen LogP contribution < -0.4 is 9.62 Å². The predicted molar refractivity (Wildman–Crippen MR) is 151 cm³/mol. The molecule has 0 amide bonds. The molecule has 3 aromatic carbocycles. The Morgan fingerprint density at radius 3 is 2.34 bits per heavy atom. The van der Waals surface area contributed by atoms with Crippen LogP contribution in [0.4, 0.5) is 11.5 Å². The minimum Gasteiger partial charge on any atom is -0.480 e. The molecule has 9 nitrogen and oxygen atoms in total. The van der Waals surface area contributed by atoms with Gasteiger partial charge in [0.2, 0.25) is 0 Å². The number of fused-ring (bicyclic) bond motifs is 1. The molecule has 38 heavy (non-hydrogen) atoms. The lowest BCUT2D eigenvalue weighted by Gasteiger charge is -2.23. The van der Waals surface area contributed by atoms with Crippen LogP contribution in [-0.2, 0) is 14.8 Å². The smallest absolute Gasteiger partial charge is 0.324 e. The predicted octanol–water partition coefficient (Wildman–Crippen LogP) is 4.86. The molecule has 0 spiro atoms. The maximum atomic E-state index is 13.4. The van der Waals surface area contributed by atoms with E-state index in [0.717, 1.165) is 28.3 Å². The molecule has 198 valence electrons. The Morgan fingerprint density at radius 1 is 0.974 bits per heavy atom. The van der Waals surface area contributed by atoms with E-state index in [0.29, 0.717) is 17.0 Å². The zero-order valence-corrected chi connectivity index (χ0v) is 22.9. The number of aromatic nitrogens is 2. The monoisotopic (exact) mass is 573 g/mol. The van der Waals surface area contributed by atoms with Crippen molar-refractivity contribution in [3.05, 3.63) is 76.9 Å². The van der Waals surface area contributed by atoms with Crippen LogP contribution in [0.3, 0.4) is 0 Å². The lowest BCUT2D eigenvalue weighted by molar-refractivity contribution is -0.135. The van der Waals surface area contributed by atoms with Crippen molar-refractivity contribution < 1.29 is 18.3 Å². The Labute approximate surface area is 230 Å². The van der Waals surface area contributed by atoms with Crippen LogP contribution in [-0.4, -0.2) is 68.1 Å². The average molecular weight is 574 g/mol. The van der Waals surface area contributed by atoms with E-state index in [1.807, 2.05) is 32.3 Å². The zero-order valence-electron chi connectivity index (χ0n) is 20.6. The lowest BCUT2D eigenvalue weighted by Crippen LogP contribution is -2.35. The van der Waals surface area contributed by atoms with Gasteiger partial charge in [0.1, 0.15) is 12.4 Å². The molecule has 12 heteroatoms. The van der Waals surface area contributed by atoms with Gasteiger partial charge in [-0.05, 0) is 67.3 Å². The second-order valence-corrected chi connectivity index (χ2v) is 11.5. The number of nitrogens with one attached hydrogen (secondary N) is 1. The van der Waals surface area contributed by atoms with Crippen LogP contribution in [0.15, 0.2) is 71.8 Å². The lowest BCUT2D eigenvalue weighted by atomic mass is 10.1. The van der Waals surface area contributed by atoms with Crippen molar-refractivity contribution in [1.29, 1.82) is 0 Å². The van der Waals surface area contributed by atoms with Crippen molar-refractivity contribution in [3.8, 4) is 11.4 Å². The minimum atomic E-state index is -4.28. The molecule has 0 saturated heterocycles. The number of nitrogens with zero attached hydrogens (tertiary/aromatic N) is 4. The fraction of sp³-hybridized carbons (Fsp3) is 0.192. The van der Waals surface area contributed by atoms with Gasteiger partial charge in [-0.3, -0.25) is 9.10 Å². The van der Waals surface area contributed by atoms with E-state index in [1.165, 1.54) is 18.2 Å². The summed E-state index contributed by atoms with van der Waals surface area (Å²) < 4.78 is 27.6. The molecule has 0 fully saturated rings. The molecule has 0 unspecified atom stereocenters. The van der Waals surface area contributed by atoms with Crippen LogP contribution in [0.2, 0.25) is 10.0 Å². The fourth-order valence-electron chi connectivity index (χ4n) is 3.77. The summed E-state index contributed by atoms with van der Waals surface area (Å²) in [5.41, 5.74) is 0.970. The number of anilines is 2. The summed E-state index contributed by atoms with van der Waals surface area (Å²) in [5, 5.41) is 14.5. The summed E-state index contributed by atoms with van der Waals surface area (Å²) in [6, 6.07) is 16.1. The van der Waals surface area contributed by atoms with Crippen LogP contribution in [0, 0.1) is 0 Å². The number of aliphatic carboxylic acids is 1. The summed E-state index contributed by atoms with van der Waals surface area (Å²) in [6.45, 7) is 0.815. The number of carboxylic acids is 1. The van der Waals surface area contributed by atoms with Gasteiger partial charge in [-0.25, -0.2) is 18.4 Å². The van der Waals surface area contributed by atoms with Crippen molar-refractivity contribution in [2.24, 2.45) is 0 Å². The Kier molecular flexibility index (Phi) is 8.37. The molecule has 0 bridgehead atoms. The molecule has 0 aliphatic rings. The topological polar surface area (TPSA) is 116 Å². The Hall–Kier alpha value is -3.44. The van der Waals surface area contributed by atoms with Gasteiger partial charge in [0, 0.05) is 34.9 Å². The highest BCUT2D eigenvalue weighted by atomic mass is 35.5. The average Bonchev–Trinajstić information content (AvgIpc) is 2.86. The first-order chi connectivity index (χ1) is 18.0. The quantitative estimate of drug-likeness (QED) is 0.276. The Morgan fingerprint density at radius 2 is 1.66 bits per heavy atom. The van der Waals surface area contributed by atoms with E-state index < -0.39 is 22.5 Å². The number of hydrogen-bond donors (Lipinski definition) is 2. The van der Waals surface area contributed by atoms with E-state index in [1.54, 1.807) is 30.5 Å². The summed E-state index contributed by atoms with van der Waals surface area (Å²) in [7, 11) is -0.285. The third kappa shape index (κ3) is 6.51. The molecule has 4 aromatic rings. The summed E-state index contributed by atoms with van der Waals surface area (Å²) in [5.74, 6) is -0.0601. The third-order valence-electron chi connectivity index (χ3n) is 5.59. The van der Waals surface area contributed by atoms with E-state index >= 15 is 0 Å². The normalized spacial score (nSPS) is 11.6. The van der Waals surface area contributed by atoms with E-state index in [9.17, 15) is 18.3 Å². The molecule has 1 aromatic heterocycles. The molecule has 0 atom stereocenters. The largest absolute Gasteiger partial charge is 0.480 e. The van der Waals surface area contributed by atoms with E-state index in [4.69, 9.17) is 23.2 Å². The van der Waals surface area contributed by atoms with Crippen LogP contribution in [0.5, 0.6) is 0 Å². The number of benzene rings is 3. The highest BCUT2D eigenvalue weighted by molar-refractivity contribution is 7.92. The molecule has 0 radical (unpaired) electrons. The van der Waals surface area contributed by atoms with Gasteiger partial charge in [-0.15, -0.1) is 0 Å². The zero-order chi connectivity index (χ0) is 27.4. The molecule has 0 aliphatic heterocycles. The van der Waals surface area contributed by atoms with Gasteiger partial charge in [0.15, 0.2) is 5.82 Å². The van der Waals surface area contributed by atoms with Crippen molar-refractivity contribution in [2.45, 2.75) is 4.90 Å². The number of carbonyl (C=O) groups is 1. The van der Waals surface area contributed by atoms with E-state index in [-0.39, 0.29) is 20.6 Å². The summed E-state index contributed by atoms with van der Waals surface area (Å²) in [4.78, 5) is 22.4. The molecular formula is C26H25Cl2N5O4S. The first-order valence-electron chi connectivity index (χ1n) is 11.5. The molecule has 0 saturated carbocycles. The molecule has 2 N–H and O–H groups in total. The molecular weight excluding hydrogens is 549 g/mol. The van der Waals surface area contributed by atoms with Crippen LogP contribution in [0.1, 0.15) is 0 Å². The van der Waals surface area contributed by atoms with Gasteiger partial charge in [0.05, 0.1) is 10.6 Å². The van der Waals surface area contributed by atoms with Crippen molar-refractivity contribution in [1.82, 2.24) is 14.9 Å². The SMILES string of the molecule is CN(C)CCNc1ccnc(-c2ccc3cc(N(CC(=O)O)S(=O)(=O)c4cc(Cl)cc(Cl)c4)ccc3c2)n1. The first-order valence-corrected chi connectivity index (χ1v) is 13.7. The second kappa shape index (κ2) is 11.5. The van der Waals surface area contributed by atoms with Crippen molar-refractivity contribution in [2.75, 3.05) is 43.4 Å². The maximum Gasteiger partial charge on any atom is 0.324 e. The van der Waals surface area contributed by atoms with Crippen LogP contribution in [0.25, 0.3) is 22.2 Å². The van der Waals surface area contributed by atoms with Gasteiger partial charge in [-0.1, -0.05) is 41.4 Å². The maximum absolute atomic E-state index is 13.4. The van der Waals surface area contributed by atoms with Crippen molar-refractivity contribution >= 4 is 61.5 Å². The minimum absolute atomic E-state index is 0.122. The number of carboxylic acid groups (broad SMARTS) is 1. The second-order valence-electron chi connectivity index (χ2n) is 8.75. The third-order valence-corrected chi connectivity index (χ3v) is 7.78. The number of sulfonamides is 1. The fourth-order valence-corrected chi connectivity index (χ4v) is 5.91. The molecule has 1 heterocycles. The number of hydrogen-bond acceptors (Lipinski definition) is 7. The number of likely N-dealkylation sites (N-methyl/N-ethyl adjacent to an activating group) is 1. The van der Waals surface area contributed by atoms with E-state index in [2.05, 4.69) is 20.2 Å². The van der Waals surface area contributed by atoms with Gasteiger partial charge >= 0.3 is 5.97 Å². The Balaban J connectivity index is 1.67.